The number of benzene rings is 3. The molecule has 2 fully saturated rings. The van der Waals surface area contributed by atoms with E-state index in [1.54, 1.807) is 47.5 Å². The van der Waals surface area contributed by atoms with Crippen LogP contribution in [0.3, 0.4) is 0 Å². The third-order valence-corrected chi connectivity index (χ3v) is 5.92. The van der Waals surface area contributed by atoms with Crippen molar-refractivity contribution in [3.05, 3.63) is 88.9 Å². The van der Waals surface area contributed by atoms with Crippen LogP contribution in [-0.2, 0) is 14.4 Å². The van der Waals surface area contributed by atoms with Crippen LogP contribution in [0.5, 0.6) is 5.75 Å². The number of hydrogen-bond acceptors (Lipinski definition) is 5. The Hall–Kier alpha value is -3.16. The number of carbonyl (C=O) groups is 2. The molecule has 2 aliphatic heterocycles. The number of phenolic OH excluding ortho intramolecular Hbond substituents is 1. The van der Waals surface area contributed by atoms with Gasteiger partial charge in [-0.1, -0.05) is 52.3 Å². The van der Waals surface area contributed by atoms with Crippen molar-refractivity contribution in [3.63, 3.8) is 0 Å². The van der Waals surface area contributed by atoms with E-state index in [1.807, 2.05) is 36.4 Å². The largest absolute Gasteiger partial charge is 0.508 e. The zero-order chi connectivity index (χ0) is 20.8. The first-order valence-electron chi connectivity index (χ1n) is 9.48. The molecular weight excluding hydrogens is 448 g/mol. The number of hydrogen-bond donors (Lipinski definition) is 1. The van der Waals surface area contributed by atoms with Gasteiger partial charge >= 0.3 is 0 Å². The van der Waals surface area contributed by atoms with Crippen molar-refractivity contribution < 1.29 is 19.5 Å². The molecule has 5 rings (SSSR count). The van der Waals surface area contributed by atoms with E-state index >= 15 is 0 Å². The summed E-state index contributed by atoms with van der Waals surface area (Å²) in [5, 5.41) is 11.3. The number of nitrogens with zero attached hydrogens (tertiary/aromatic N) is 2. The molecule has 7 heteroatoms. The van der Waals surface area contributed by atoms with Gasteiger partial charge in [0.05, 0.1) is 17.4 Å². The molecule has 6 nitrogen and oxygen atoms in total. The van der Waals surface area contributed by atoms with Crippen LogP contribution >= 0.6 is 15.9 Å². The van der Waals surface area contributed by atoms with Crippen LogP contribution in [0.1, 0.15) is 11.6 Å². The van der Waals surface area contributed by atoms with Gasteiger partial charge in [-0.15, -0.1) is 0 Å². The highest BCUT2D eigenvalue weighted by Crippen LogP contribution is 2.47. The number of rotatable bonds is 3. The predicted molar refractivity (Wildman–Crippen MR) is 115 cm³/mol. The zero-order valence-electron chi connectivity index (χ0n) is 15.7. The number of para-hydroxylation sites is 1. The van der Waals surface area contributed by atoms with Crippen molar-refractivity contribution in [1.29, 1.82) is 0 Å². The molecule has 0 spiro atoms. The second-order valence-corrected chi connectivity index (χ2v) is 8.16. The highest BCUT2D eigenvalue weighted by molar-refractivity contribution is 9.10. The van der Waals surface area contributed by atoms with Crippen molar-refractivity contribution in [3.8, 4) is 5.75 Å². The molecule has 0 bridgehead atoms. The topological polar surface area (TPSA) is 70.1 Å². The lowest BCUT2D eigenvalue weighted by molar-refractivity contribution is -0.126. The molecule has 2 saturated heterocycles. The molecule has 3 aromatic carbocycles. The lowest BCUT2D eigenvalue weighted by Crippen LogP contribution is -2.37. The van der Waals surface area contributed by atoms with Gasteiger partial charge in [0, 0.05) is 4.47 Å². The van der Waals surface area contributed by atoms with E-state index in [1.165, 1.54) is 4.90 Å². The highest BCUT2D eigenvalue weighted by atomic mass is 79.9. The number of hydroxylamine groups is 1. The van der Waals surface area contributed by atoms with Crippen LogP contribution < -0.4 is 9.96 Å². The van der Waals surface area contributed by atoms with Gasteiger partial charge in [0.2, 0.25) is 5.91 Å². The number of anilines is 2. The molecule has 0 aliphatic carbocycles. The fourth-order valence-corrected chi connectivity index (χ4v) is 4.48. The molecule has 0 aromatic heterocycles. The number of fused-ring (bicyclic) bond motifs is 1. The quantitative estimate of drug-likeness (QED) is 0.588. The fraction of sp³-hybridized carbons (Fsp3) is 0.130. The first-order chi connectivity index (χ1) is 14.5. The SMILES string of the molecule is O=C1[C@H]2[C@@H](c3ccc(O)cc3)N(c3ccccc3)O[C@H]2C(=O)N1c1cccc(Br)c1. The second kappa shape index (κ2) is 7.27. The van der Waals surface area contributed by atoms with E-state index in [0.717, 1.165) is 15.7 Å². The molecule has 2 aliphatic rings. The van der Waals surface area contributed by atoms with Crippen molar-refractivity contribution >= 4 is 39.1 Å². The summed E-state index contributed by atoms with van der Waals surface area (Å²) >= 11 is 3.39. The molecule has 0 unspecified atom stereocenters. The van der Waals surface area contributed by atoms with E-state index in [4.69, 9.17) is 4.84 Å². The number of aromatic hydroxyl groups is 1. The van der Waals surface area contributed by atoms with Crippen molar-refractivity contribution in [2.45, 2.75) is 12.1 Å². The summed E-state index contributed by atoms with van der Waals surface area (Å²) in [6.45, 7) is 0. The lowest BCUT2D eigenvalue weighted by atomic mass is 9.90. The minimum Gasteiger partial charge on any atom is -0.508 e. The molecule has 150 valence electrons. The Morgan fingerprint density at radius 3 is 2.23 bits per heavy atom. The van der Waals surface area contributed by atoms with Crippen LogP contribution in [0.2, 0.25) is 0 Å². The first-order valence-corrected chi connectivity index (χ1v) is 10.3. The minimum atomic E-state index is -0.921. The third-order valence-electron chi connectivity index (χ3n) is 5.43. The van der Waals surface area contributed by atoms with Crippen molar-refractivity contribution in [1.82, 2.24) is 0 Å². The van der Waals surface area contributed by atoms with Crippen LogP contribution in [0.15, 0.2) is 83.3 Å². The van der Waals surface area contributed by atoms with E-state index in [9.17, 15) is 14.7 Å². The predicted octanol–water partition coefficient (Wildman–Crippen LogP) is 4.21. The van der Waals surface area contributed by atoms with Gasteiger partial charge < -0.3 is 5.11 Å². The maximum absolute atomic E-state index is 13.5. The molecule has 0 radical (unpaired) electrons. The summed E-state index contributed by atoms with van der Waals surface area (Å²) in [6.07, 6.45) is -0.921. The van der Waals surface area contributed by atoms with Gasteiger partial charge in [-0.25, -0.2) is 9.96 Å². The van der Waals surface area contributed by atoms with Crippen molar-refractivity contribution in [2.24, 2.45) is 5.92 Å². The first kappa shape index (κ1) is 18.8. The summed E-state index contributed by atoms with van der Waals surface area (Å²) < 4.78 is 0.777. The summed E-state index contributed by atoms with van der Waals surface area (Å²) in [6, 6.07) is 22.6. The van der Waals surface area contributed by atoms with Gasteiger partial charge in [-0.3, -0.25) is 14.4 Å². The molecule has 2 amide bonds. The normalized spacial score (nSPS) is 23.2. The molecule has 0 saturated carbocycles. The number of phenols is 1. The Kier molecular flexibility index (Phi) is 4.56. The standard InChI is InChI=1S/C23H17BrN2O4/c24-15-5-4-8-17(13-15)25-22(28)19-20(14-9-11-18(27)12-10-14)26(30-21(19)23(25)29)16-6-2-1-3-7-16/h1-13,19-21,27H/t19-,20+,21+/m0/s1. The summed E-state index contributed by atoms with van der Waals surface area (Å²) in [5.41, 5.74) is 2.04. The van der Waals surface area contributed by atoms with E-state index in [-0.39, 0.29) is 17.6 Å². The Morgan fingerprint density at radius 2 is 1.53 bits per heavy atom. The second-order valence-electron chi connectivity index (χ2n) is 7.24. The summed E-state index contributed by atoms with van der Waals surface area (Å²) in [7, 11) is 0. The summed E-state index contributed by atoms with van der Waals surface area (Å²) in [5.74, 6) is -1.27. The van der Waals surface area contributed by atoms with Gasteiger partial charge in [0.25, 0.3) is 5.91 Å². The van der Waals surface area contributed by atoms with Crippen LogP contribution in [0.4, 0.5) is 11.4 Å². The Balaban J connectivity index is 1.59. The Morgan fingerprint density at radius 1 is 0.833 bits per heavy atom. The average Bonchev–Trinajstić information content (AvgIpc) is 3.26. The highest BCUT2D eigenvalue weighted by Gasteiger charge is 2.60. The van der Waals surface area contributed by atoms with Crippen LogP contribution in [-0.4, -0.2) is 23.0 Å². The fourth-order valence-electron chi connectivity index (χ4n) is 4.09. The van der Waals surface area contributed by atoms with E-state index in [2.05, 4.69) is 15.9 Å². The number of carbonyl (C=O) groups excluding carboxylic acids is 2. The monoisotopic (exact) mass is 464 g/mol. The van der Waals surface area contributed by atoms with Crippen LogP contribution in [0.25, 0.3) is 0 Å². The maximum atomic E-state index is 13.5. The van der Waals surface area contributed by atoms with Crippen molar-refractivity contribution in [2.75, 3.05) is 9.96 Å². The molecule has 3 atom stereocenters. The zero-order valence-corrected chi connectivity index (χ0v) is 17.3. The van der Waals surface area contributed by atoms with E-state index in [0.29, 0.717) is 5.69 Å². The lowest BCUT2D eigenvalue weighted by Gasteiger charge is -2.28. The number of halogens is 1. The van der Waals surface area contributed by atoms with Crippen LogP contribution in [0, 0.1) is 5.92 Å². The molecule has 30 heavy (non-hydrogen) atoms. The molecule has 1 N–H and O–H groups in total. The number of amides is 2. The van der Waals surface area contributed by atoms with Gasteiger partial charge in [-0.05, 0) is 48.0 Å². The third kappa shape index (κ3) is 2.98. The minimum absolute atomic E-state index is 0.130. The average molecular weight is 465 g/mol. The molecular formula is C23H17BrN2O4. The summed E-state index contributed by atoms with van der Waals surface area (Å²) in [4.78, 5) is 34.0. The molecule has 2 heterocycles. The van der Waals surface area contributed by atoms with Gasteiger partial charge in [-0.2, -0.15) is 0 Å². The smallest absolute Gasteiger partial charge is 0.266 e. The maximum Gasteiger partial charge on any atom is 0.266 e. The van der Waals surface area contributed by atoms with E-state index < -0.39 is 18.1 Å². The Labute approximate surface area is 181 Å². The Bertz CT molecular complexity index is 1120. The number of imide groups is 1. The van der Waals surface area contributed by atoms with Gasteiger partial charge in [0.1, 0.15) is 11.7 Å². The van der Waals surface area contributed by atoms with Gasteiger partial charge in [0.15, 0.2) is 6.10 Å². The molecule has 3 aromatic rings.